The quantitative estimate of drug-likeness (QED) is 0.910. The fraction of sp³-hybridized carbons (Fsp3) is 0.556. The molecule has 5 nitrogen and oxygen atoms in total. The molecule has 122 valence electrons. The molecule has 2 saturated carbocycles. The second-order valence-corrected chi connectivity index (χ2v) is 7.66. The number of amides is 1. The van der Waals surface area contributed by atoms with E-state index < -0.39 is 5.41 Å². The third-order valence-corrected chi connectivity index (χ3v) is 6.77. The van der Waals surface area contributed by atoms with Crippen molar-refractivity contribution in [3.8, 4) is 11.5 Å². The number of ketones is 1. The summed E-state index contributed by atoms with van der Waals surface area (Å²) in [5, 5.41) is 3.00. The number of nitrogens with one attached hydrogen (secondary N) is 1. The molecule has 0 aromatic heterocycles. The second-order valence-electron chi connectivity index (χ2n) is 7.66. The first-order valence-electron chi connectivity index (χ1n) is 8.05. The number of hydrogen-bond acceptors (Lipinski definition) is 4. The molecule has 1 heterocycles. The van der Waals surface area contributed by atoms with Crippen LogP contribution >= 0.6 is 0 Å². The Hall–Kier alpha value is -2.04. The summed E-state index contributed by atoms with van der Waals surface area (Å²) in [4.78, 5) is 25.5. The fourth-order valence-corrected chi connectivity index (χ4v) is 4.59. The molecule has 0 saturated heterocycles. The van der Waals surface area contributed by atoms with Crippen molar-refractivity contribution in [1.82, 2.24) is 0 Å². The van der Waals surface area contributed by atoms with Gasteiger partial charge in [0, 0.05) is 23.6 Å². The van der Waals surface area contributed by atoms with E-state index in [2.05, 4.69) is 19.2 Å². The molecule has 0 unspecified atom stereocenters. The van der Waals surface area contributed by atoms with Crippen molar-refractivity contribution in [2.45, 2.75) is 40.0 Å². The summed E-state index contributed by atoms with van der Waals surface area (Å²) in [6.07, 6.45) is 1.89. The summed E-state index contributed by atoms with van der Waals surface area (Å²) in [7, 11) is 0. The minimum atomic E-state index is -0.616. The van der Waals surface area contributed by atoms with Crippen LogP contribution in [0.1, 0.15) is 40.0 Å². The van der Waals surface area contributed by atoms with Crippen molar-refractivity contribution in [2.75, 3.05) is 12.1 Å². The van der Waals surface area contributed by atoms with Gasteiger partial charge in [0.2, 0.25) is 12.7 Å². The maximum Gasteiger partial charge on any atom is 0.231 e. The zero-order valence-electron chi connectivity index (χ0n) is 13.7. The lowest BCUT2D eigenvalue weighted by Gasteiger charge is -2.38. The summed E-state index contributed by atoms with van der Waals surface area (Å²) >= 11 is 0. The Labute approximate surface area is 135 Å². The molecule has 2 fully saturated rings. The van der Waals surface area contributed by atoms with Crippen LogP contribution in [0.2, 0.25) is 0 Å². The van der Waals surface area contributed by atoms with E-state index in [1.807, 2.05) is 6.92 Å². The predicted molar refractivity (Wildman–Crippen MR) is 84.4 cm³/mol. The maximum absolute atomic E-state index is 13.1. The molecule has 5 heteroatoms. The molecule has 2 bridgehead atoms. The Balaban J connectivity index is 1.64. The lowest BCUT2D eigenvalue weighted by atomic mass is 9.64. The number of anilines is 1. The van der Waals surface area contributed by atoms with Gasteiger partial charge in [0.05, 0.1) is 5.41 Å². The first kappa shape index (κ1) is 14.5. The van der Waals surface area contributed by atoms with Gasteiger partial charge in [-0.05, 0) is 30.4 Å². The number of carbonyl (C=O) groups excluding carboxylic acids is 2. The standard InChI is InChI=1S/C18H21NO4/c1-16(2)17(3)6-7-18(16,9-14(17)20)15(21)19-11-4-5-12-13(8-11)23-10-22-12/h4-5,8H,6-7,9-10H2,1-3H3,(H,19,21)/t17-,18+/m0/s1. The van der Waals surface area contributed by atoms with E-state index in [0.29, 0.717) is 23.6 Å². The van der Waals surface area contributed by atoms with Crippen molar-refractivity contribution in [3.05, 3.63) is 18.2 Å². The average Bonchev–Trinajstić information content (AvgIpc) is 3.08. The number of Topliss-reactive ketones (excluding diaryl/α,β-unsaturated/α-hetero) is 1. The van der Waals surface area contributed by atoms with E-state index in [-0.39, 0.29) is 29.3 Å². The topological polar surface area (TPSA) is 64.6 Å². The van der Waals surface area contributed by atoms with Crippen LogP contribution in [0.4, 0.5) is 5.69 Å². The monoisotopic (exact) mass is 315 g/mol. The molecule has 1 N–H and O–H groups in total. The van der Waals surface area contributed by atoms with E-state index in [0.717, 1.165) is 12.8 Å². The molecule has 3 aliphatic rings. The molecule has 23 heavy (non-hydrogen) atoms. The van der Waals surface area contributed by atoms with Gasteiger partial charge >= 0.3 is 0 Å². The summed E-state index contributed by atoms with van der Waals surface area (Å²) in [5.41, 5.74) is -0.663. The van der Waals surface area contributed by atoms with Crippen molar-refractivity contribution >= 4 is 17.4 Å². The lowest BCUT2D eigenvalue weighted by molar-refractivity contribution is -0.131. The predicted octanol–water partition coefficient (Wildman–Crippen LogP) is 3.14. The van der Waals surface area contributed by atoms with Gasteiger partial charge in [-0.25, -0.2) is 0 Å². The molecule has 1 aromatic carbocycles. The first-order valence-corrected chi connectivity index (χ1v) is 8.05. The number of rotatable bonds is 2. The number of fused-ring (bicyclic) bond motifs is 3. The molecule has 2 atom stereocenters. The van der Waals surface area contributed by atoms with Crippen LogP contribution in [0, 0.1) is 16.2 Å². The van der Waals surface area contributed by atoms with Crippen molar-refractivity contribution in [1.29, 1.82) is 0 Å². The largest absolute Gasteiger partial charge is 0.454 e. The third-order valence-electron chi connectivity index (χ3n) is 6.77. The first-order chi connectivity index (χ1) is 10.8. The molecule has 1 aliphatic heterocycles. The molecule has 1 amide bonds. The van der Waals surface area contributed by atoms with Gasteiger partial charge in [0.15, 0.2) is 11.5 Å². The number of hydrogen-bond donors (Lipinski definition) is 1. The van der Waals surface area contributed by atoms with Crippen LogP contribution < -0.4 is 14.8 Å². The van der Waals surface area contributed by atoms with Gasteiger partial charge in [-0.2, -0.15) is 0 Å². The Morgan fingerprint density at radius 2 is 1.87 bits per heavy atom. The van der Waals surface area contributed by atoms with Crippen LogP contribution in [0.3, 0.4) is 0 Å². The molecule has 1 aromatic rings. The van der Waals surface area contributed by atoms with Crippen LogP contribution in [-0.2, 0) is 9.59 Å². The Morgan fingerprint density at radius 1 is 1.13 bits per heavy atom. The van der Waals surface area contributed by atoms with Crippen molar-refractivity contribution < 1.29 is 19.1 Å². The molecule has 0 radical (unpaired) electrons. The highest BCUT2D eigenvalue weighted by Crippen LogP contribution is 2.70. The number of ether oxygens (including phenoxy) is 2. The van der Waals surface area contributed by atoms with Gasteiger partial charge in [-0.1, -0.05) is 20.8 Å². The Bertz CT molecular complexity index is 726. The molecular weight excluding hydrogens is 294 g/mol. The minimum Gasteiger partial charge on any atom is -0.454 e. The van der Waals surface area contributed by atoms with E-state index in [9.17, 15) is 9.59 Å². The SMILES string of the molecule is CC1(C)[C@]2(C(=O)Nc3ccc4c(c3)OCO4)CC[C@@]1(C)C(=O)C2. The highest BCUT2D eigenvalue weighted by Gasteiger charge is 2.72. The number of carbonyl (C=O) groups is 2. The highest BCUT2D eigenvalue weighted by atomic mass is 16.7. The maximum atomic E-state index is 13.1. The summed E-state index contributed by atoms with van der Waals surface area (Å²) in [6, 6.07) is 5.37. The summed E-state index contributed by atoms with van der Waals surface area (Å²) < 4.78 is 10.6. The second kappa shape index (κ2) is 4.28. The van der Waals surface area contributed by atoms with Crippen molar-refractivity contribution in [2.24, 2.45) is 16.2 Å². The Morgan fingerprint density at radius 3 is 2.52 bits per heavy atom. The Kier molecular flexibility index (Phi) is 2.70. The molecule has 2 aliphatic carbocycles. The normalized spacial score (nSPS) is 33.1. The van der Waals surface area contributed by atoms with Crippen LogP contribution in [0.15, 0.2) is 18.2 Å². The van der Waals surface area contributed by atoms with Crippen molar-refractivity contribution in [3.63, 3.8) is 0 Å². The smallest absolute Gasteiger partial charge is 0.231 e. The molecular formula is C18H21NO4. The zero-order valence-corrected chi connectivity index (χ0v) is 13.7. The molecule has 4 rings (SSSR count). The van der Waals surface area contributed by atoms with Gasteiger partial charge in [0.1, 0.15) is 5.78 Å². The van der Waals surface area contributed by atoms with E-state index in [1.54, 1.807) is 18.2 Å². The van der Waals surface area contributed by atoms with Gasteiger partial charge in [-0.15, -0.1) is 0 Å². The van der Waals surface area contributed by atoms with E-state index in [1.165, 1.54) is 0 Å². The highest BCUT2D eigenvalue weighted by molar-refractivity contribution is 6.04. The number of benzene rings is 1. The van der Waals surface area contributed by atoms with Crippen LogP contribution in [-0.4, -0.2) is 18.5 Å². The lowest BCUT2D eigenvalue weighted by Crippen LogP contribution is -2.43. The summed E-state index contributed by atoms with van der Waals surface area (Å²) in [6.45, 7) is 6.34. The fourth-order valence-electron chi connectivity index (χ4n) is 4.59. The summed E-state index contributed by atoms with van der Waals surface area (Å²) in [5.74, 6) is 1.48. The van der Waals surface area contributed by atoms with Gasteiger partial charge in [-0.3, -0.25) is 9.59 Å². The van der Waals surface area contributed by atoms with Crippen LogP contribution in [0.5, 0.6) is 11.5 Å². The van der Waals surface area contributed by atoms with Gasteiger partial charge < -0.3 is 14.8 Å². The average molecular weight is 315 g/mol. The van der Waals surface area contributed by atoms with E-state index >= 15 is 0 Å². The zero-order chi connectivity index (χ0) is 16.5. The third kappa shape index (κ3) is 1.62. The van der Waals surface area contributed by atoms with E-state index in [4.69, 9.17) is 9.47 Å². The van der Waals surface area contributed by atoms with Crippen LogP contribution in [0.25, 0.3) is 0 Å². The minimum absolute atomic E-state index is 0.0593. The van der Waals surface area contributed by atoms with Gasteiger partial charge in [0.25, 0.3) is 0 Å². The molecule has 0 spiro atoms.